The van der Waals surface area contributed by atoms with Crippen LogP contribution in [0, 0.1) is 0 Å². The van der Waals surface area contributed by atoms with Crippen LogP contribution in [0.5, 0.6) is 0 Å². The Balaban J connectivity index is 0. The molecular formula is Hg2S2. The van der Waals surface area contributed by atoms with Crippen molar-refractivity contribution in [1.29, 1.82) is 0 Å². The summed E-state index contributed by atoms with van der Waals surface area (Å²) in [6.45, 7) is 0. The maximum atomic E-state index is 0. The minimum Gasteiger partial charge on any atom is -2.00 e. The third kappa shape index (κ3) is 8.82. The molecule has 16 valence electrons. The maximum Gasteiger partial charge on any atom is 2.00 e. The molecule has 0 aromatic heterocycles. The van der Waals surface area contributed by atoms with Crippen molar-refractivity contribution in [3.63, 3.8) is 0 Å². The molecule has 0 radical (unpaired) electrons. The quantitative estimate of drug-likeness (QED) is 0.442. The Morgan fingerprint density at radius 3 is 0.500 bits per heavy atom. The number of hydrogen-bond acceptors (Lipinski definition) is 0. The Morgan fingerprint density at radius 2 is 0.500 bits per heavy atom. The predicted octanol–water partition coefficient (Wildman–Crippen LogP) is -0.00980. The van der Waals surface area contributed by atoms with Crippen LogP contribution in [0.2, 0.25) is 0 Å². The van der Waals surface area contributed by atoms with Gasteiger partial charge in [0.2, 0.25) is 0 Å². The van der Waals surface area contributed by atoms with Crippen molar-refractivity contribution in [1.82, 2.24) is 0 Å². The van der Waals surface area contributed by atoms with Crippen LogP contribution in [-0.4, -0.2) is 0 Å². The Morgan fingerprint density at radius 1 is 0.500 bits per heavy atom. The van der Waals surface area contributed by atoms with E-state index in [4.69, 9.17) is 0 Å². The van der Waals surface area contributed by atoms with Crippen LogP contribution in [0.3, 0.4) is 0 Å². The molecule has 0 aromatic rings. The van der Waals surface area contributed by atoms with Gasteiger partial charge in [-0.3, -0.25) is 0 Å². The van der Waals surface area contributed by atoms with Crippen LogP contribution in [0.15, 0.2) is 0 Å². The average Bonchev–Trinajstić information content (AvgIpc) is 0. The second-order valence-corrected chi connectivity index (χ2v) is 0. The fourth-order valence-corrected chi connectivity index (χ4v) is 0. The summed E-state index contributed by atoms with van der Waals surface area (Å²) in [4.78, 5) is 0. The first-order valence-electron chi connectivity index (χ1n) is 0. The molecule has 0 amide bonds. The zero-order valence-corrected chi connectivity index (χ0v) is 14.9. The minimum atomic E-state index is 0. The smallest absolute Gasteiger partial charge is 2.00 e. The van der Waals surface area contributed by atoms with Gasteiger partial charge in [0.15, 0.2) is 0 Å². The molecule has 0 saturated carbocycles. The van der Waals surface area contributed by atoms with Gasteiger partial charge in [-0.15, -0.1) is 0 Å². The van der Waals surface area contributed by atoms with Crippen LogP contribution in [0.4, 0.5) is 0 Å². The largest absolute Gasteiger partial charge is 2.00 e. The molecule has 0 saturated heterocycles. The third-order valence-corrected chi connectivity index (χ3v) is 0. The monoisotopic (exact) mass is 468 g/mol. The van der Waals surface area contributed by atoms with Gasteiger partial charge in [-0.05, 0) is 0 Å². The Labute approximate surface area is 81.0 Å². The molecule has 0 aliphatic carbocycles. The first-order valence-corrected chi connectivity index (χ1v) is 0. The van der Waals surface area contributed by atoms with Gasteiger partial charge < -0.3 is 27.0 Å². The SMILES string of the molecule is [Hg+2].[Hg+2].[S-2].[S-2]. The Kier molecular flexibility index (Phi) is 136. The van der Waals surface area contributed by atoms with Gasteiger partial charge in [-0.25, -0.2) is 0 Å². The summed E-state index contributed by atoms with van der Waals surface area (Å²) in [5, 5.41) is 0. The second-order valence-electron chi connectivity index (χ2n) is 0. The summed E-state index contributed by atoms with van der Waals surface area (Å²) >= 11 is 0. The average molecular weight is 465 g/mol. The van der Waals surface area contributed by atoms with Gasteiger partial charge in [-0.2, -0.15) is 0 Å². The van der Waals surface area contributed by atoms with Gasteiger partial charge >= 0.3 is 55.3 Å². The molecular weight excluding hydrogens is 465 g/mol. The molecule has 0 fully saturated rings. The molecule has 0 aliphatic heterocycles. The van der Waals surface area contributed by atoms with E-state index in [9.17, 15) is 0 Å². The second kappa shape index (κ2) is 17.6. The zero-order valence-electron chi connectivity index (χ0n) is 2.23. The van der Waals surface area contributed by atoms with E-state index in [-0.39, 0.29) is 82.3 Å². The number of hydrogen-bond donors (Lipinski definition) is 0. The molecule has 4 heteroatoms. The molecule has 0 aliphatic rings. The van der Waals surface area contributed by atoms with E-state index in [2.05, 4.69) is 0 Å². The van der Waals surface area contributed by atoms with Gasteiger partial charge in [0.25, 0.3) is 0 Å². The van der Waals surface area contributed by atoms with E-state index in [1.165, 1.54) is 0 Å². The summed E-state index contributed by atoms with van der Waals surface area (Å²) < 4.78 is 0. The predicted molar refractivity (Wildman–Crippen MR) is 14.7 cm³/mol. The van der Waals surface area contributed by atoms with Crippen molar-refractivity contribution in [2.45, 2.75) is 0 Å². The van der Waals surface area contributed by atoms with Gasteiger partial charge in [0.05, 0.1) is 0 Å². The first-order chi connectivity index (χ1) is 0. The first kappa shape index (κ1) is 30.9. The van der Waals surface area contributed by atoms with Crippen LogP contribution in [-0.2, 0) is 82.3 Å². The van der Waals surface area contributed by atoms with E-state index in [1.54, 1.807) is 0 Å². The normalized spacial score (nSPS) is 0. The molecule has 0 unspecified atom stereocenters. The van der Waals surface area contributed by atoms with E-state index < -0.39 is 0 Å². The number of rotatable bonds is 0. The minimum absolute atomic E-state index is 0. The molecule has 0 spiro atoms. The molecule has 0 rings (SSSR count). The summed E-state index contributed by atoms with van der Waals surface area (Å²) in [5.74, 6) is 0. The third-order valence-electron chi connectivity index (χ3n) is 0. The Hall–Kier alpha value is 2.57. The molecule has 0 atom stereocenters. The molecule has 0 bridgehead atoms. The zero-order chi connectivity index (χ0) is 0. The molecule has 4 heavy (non-hydrogen) atoms. The molecule has 0 N–H and O–H groups in total. The Bertz CT molecular complexity index is 4.00. The van der Waals surface area contributed by atoms with Crippen LogP contribution in [0.25, 0.3) is 0 Å². The summed E-state index contributed by atoms with van der Waals surface area (Å²) in [6.07, 6.45) is 0. The van der Waals surface area contributed by atoms with Crippen molar-refractivity contribution >= 4 is 27.0 Å². The van der Waals surface area contributed by atoms with Crippen LogP contribution >= 0.6 is 0 Å². The van der Waals surface area contributed by atoms with E-state index >= 15 is 0 Å². The summed E-state index contributed by atoms with van der Waals surface area (Å²) in [6, 6.07) is 0. The molecule has 0 nitrogen and oxygen atoms in total. The van der Waals surface area contributed by atoms with Crippen molar-refractivity contribution in [2.24, 2.45) is 0 Å². The molecule has 0 heterocycles. The van der Waals surface area contributed by atoms with Crippen molar-refractivity contribution < 1.29 is 55.3 Å². The van der Waals surface area contributed by atoms with Gasteiger partial charge in [0.1, 0.15) is 0 Å². The standard InChI is InChI=1S/2Hg.2S/q2*+2;2*-2. The van der Waals surface area contributed by atoms with Crippen molar-refractivity contribution in [3.05, 3.63) is 0 Å². The van der Waals surface area contributed by atoms with E-state index in [0.29, 0.717) is 0 Å². The van der Waals surface area contributed by atoms with Gasteiger partial charge in [0, 0.05) is 0 Å². The molecule has 0 aromatic carbocycles. The van der Waals surface area contributed by atoms with Crippen LogP contribution < -0.4 is 0 Å². The van der Waals surface area contributed by atoms with Crippen molar-refractivity contribution in [3.8, 4) is 0 Å². The fraction of sp³-hybridized carbons (Fsp3) is 0. The van der Waals surface area contributed by atoms with Crippen molar-refractivity contribution in [2.75, 3.05) is 0 Å². The summed E-state index contributed by atoms with van der Waals surface area (Å²) in [7, 11) is 0. The summed E-state index contributed by atoms with van der Waals surface area (Å²) in [5.41, 5.74) is 0. The van der Waals surface area contributed by atoms with E-state index in [0.717, 1.165) is 0 Å². The van der Waals surface area contributed by atoms with Crippen LogP contribution in [0.1, 0.15) is 0 Å². The van der Waals surface area contributed by atoms with E-state index in [1.807, 2.05) is 0 Å². The topological polar surface area (TPSA) is 0 Å². The maximum absolute atomic E-state index is 0. The fourth-order valence-electron chi connectivity index (χ4n) is 0. The van der Waals surface area contributed by atoms with Gasteiger partial charge in [-0.1, -0.05) is 0 Å².